The molecule has 2 rings (SSSR count). The minimum Gasteiger partial charge on any atom is -0.395 e. The first-order valence-corrected chi connectivity index (χ1v) is 6.86. The Kier molecular flexibility index (Phi) is 5.17. The Morgan fingerprint density at radius 2 is 1.61 bits per heavy atom. The van der Waals surface area contributed by atoms with Crippen LogP contribution in [0.1, 0.15) is 37.2 Å². The fourth-order valence-electron chi connectivity index (χ4n) is 2.82. The van der Waals surface area contributed by atoms with Crippen molar-refractivity contribution < 1.29 is 10.2 Å². The van der Waals surface area contributed by atoms with Gasteiger partial charge in [-0.15, -0.1) is 0 Å². The molecule has 1 aliphatic rings. The molecule has 0 aliphatic heterocycles. The Bertz CT molecular complexity index is 330. The van der Waals surface area contributed by atoms with Crippen molar-refractivity contribution in [1.29, 1.82) is 0 Å². The highest BCUT2D eigenvalue weighted by atomic mass is 16.3. The molecule has 0 spiro atoms. The van der Waals surface area contributed by atoms with E-state index in [1.54, 1.807) is 0 Å². The lowest BCUT2D eigenvalue weighted by Crippen LogP contribution is -2.44. The third-order valence-electron chi connectivity index (χ3n) is 3.91. The monoisotopic (exact) mass is 249 g/mol. The summed E-state index contributed by atoms with van der Waals surface area (Å²) in [4.78, 5) is 0. The van der Waals surface area contributed by atoms with Crippen molar-refractivity contribution >= 4 is 0 Å². The van der Waals surface area contributed by atoms with Crippen molar-refractivity contribution in [2.24, 2.45) is 0 Å². The van der Waals surface area contributed by atoms with Crippen LogP contribution in [0.15, 0.2) is 30.3 Å². The van der Waals surface area contributed by atoms with Crippen molar-refractivity contribution in [2.45, 2.75) is 43.7 Å². The van der Waals surface area contributed by atoms with Crippen LogP contribution in [0.5, 0.6) is 0 Å². The van der Waals surface area contributed by atoms with Gasteiger partial charge in [-0.25, -0.2) is 0 Å². The molecule has 0 saturated heterocycles. The molecule has 1 aliphatic carbocycles. The zero-order chi connectivity index (χ0) is 12.8. The largest absolute Gasteiger partial charge is 0.395 e. The molecular weight excluding hydrogens is 226 g/mol. The van der Waals surface area contributed by atoms with Crippen LogP contribution in [0, 0.1) is 0 Å². The lowest BCUT2D eigenvalue weighted by molar-refractivity contribution is 0.153. The topological polar surface area (TPSA) is 52.5 Å². The summed E-state index contributed by atoms with van der Waals surface area (Å²) in [6.07, 6.45) is 4.61. The summed E-state index contributed by atoms with van der Waals surface area (Å²) in [7, 11) is 0. The molecule has 0 amide bonds. The van der Waals surface area contributed by atoms with Gasteiger partial charge < -0.3 is 15.5 Å². The summed E-state index contributed by atoms with van der Waals surface area (Å²) < 4.78 is 0. The molecule has 3 nitrogen and oxygen atoms in total. The van der Waals surface area contributed by atoms with Gasteiger partial charge in [0.1, 0.15) is 0 Å². The van der Waals surface area contributed by atoms with Crippen LogP contribution in [-0.2, 0) is 0 Å². The maximum absolute atomic E-state index is 9.06. The molecule has 3 heteroatoms. The Labute approximate surface area is 109 Å². The number of benzene rings is 1. The second kappa shape index (κ2) is 6.88. The lowest BCUT2D eigenvalue weighted by Gasteiger charge is -2.31. The zero-order valence-electron chi connectivity index (χ0n) is 10.8. The number of aliphatic hydroxyl groups is 2. The Balaban J connectivity index is 1.81. The van der Waals surface area contributed by atoms with Crippen LogP contribution in [0.4, 0.5) is 0 Å². The van der Waals surface area contributed by atoms with Gasteiger partial charge in [-0.1, -0.05) is 30.3 Å². The van der Waals surface area contributed by atoms with E-state index < -0.39 is 0 Å². The minimum absolute atomic E-state index is 0.00904. The Morgan fingerprint density at radius 1 is 1.00 bits per heavy atom. The Hall–Kier alpha value is -0.900. The van der Waals surface area contributed by atoms with Gasteiger partial charge in [0.05, 0.1) is 19.3 Å². The summed E-state index contributed by atoms with van der Waals surface area (Å²) in [5.74, 6) is 0.672. The SMILES string of the molecule is OCC(CO)NC1CCC(c2ccccc2)CC1. The van der Waals surface area contributed by atoms with E-state index in [0.717, 1.165) is 12.8 Å². The van der Waals surface area contributed by atoms with Crippen LogP contribution >= 0.6 is 0 Å². The standard InChI is InChI=1S/C15H23NO2/c17-10-15(11-18)16-14-8-6-13(7-9-14)12-4-2-1-3-5-12/h1-5,13-18H,6-11H2. The van der Waals surface area contributed by atoms with Gasteiger partial charge in [0.25, 0.3) is 0 Å². The van der Waals surface area contributed by atoms with Crippen molar-refractivity contribution in [1.82, 2.24) is 5.32 Å². The third-order valence-corrected chi connectivity index (χ3v) is 3.91. The first kappa shape index (κ1) is 13.5. The van der Waals surface area contributed by atoms with E-state index in [9.17, 15) is 0 Å². The number of aliphatic hydroxyl groups excluding tert-OH is 2. The number of hydrogen-bond acceptors (Lipinski definition) is 3. The van der Waals surface area contributed by atoms with Crippen LogP contribution in [0.25, 0.3) is 0 Å². The van der Waals surface area contributed by atoms with E-state index in [4.69, 9.17) is 10.2 Å². The van der Waals surface area contributed by atoms with E-state index in [-0.39, 0.29) is 19.3 Å². The highest BCUT2D eigenvalue weighted by Gasteiger charge is 2.23. The van der Waals surface area contributed by atoms with E-state index in [1.165, 1.54) is 18.4 Å². The molecule has 0 heterocycles. The van der Waals surface area contributed by atoms with Crippen LogP contribution in [-0.4, -0.2) is 35.5 Å². The van der Waals surface area contributed by atoms with Gasteiger partial charge in [0, 0.05) is 6.04 Å². The third kappa shape index (κ3) is 3.55. The van der Waals surface area contributed by atoms with Gasteiger partial charge in [0.15, 0.2) is 0 Å². The maximum Gasteiger partial charge on any atom is 0.0607 e. The highest BCUT2D eigenvalue weighted by Crippen LogP contribution is 2.32. The van der Waals surface area contributed by atoms with E-state index in [2.05, 4.69) is 35.6 Å². The molecule has 0 bridgehead atoms. The van der Waals surface area contributed by atoms with E-state index >= 15 is 0 Å². The fraction of sp³-hybridized carbons (Fsp3) is 0.600. The molecule has 1 fully saturated rings. The predicted octanol–water partition coefficient (Wildman–Crippen LogP) is 1.66. The highest BCUT2D eigenvalue weighted by molar-refractivity contribution is 5.20. The smallest absolute Gasteiger partial charge is 0.0607 e. The molecule has 0 atom stereocenters. The van der Waals surface area contributed by atoms with E-state index in [0.29, 0.717) is 12.0 Å². The van der Waals surface area contributed by atoms with Crippen molar-refractivity contribution in [2.75, 3.05) is 13.2 Å². The summed E-state index contributed by atoms with van der Waals surface area (Å²) in [6.45, 7) is 0.0181. The Morgan fingerprint density at radius 3 is 2.17 bits per heavy atom. The molecule has 1 saturated carbocycles. The minimum atomic E-state index is -0.164. The predicted molar refractivity (Wildman–Crippen MR) is 72.5 cm³/mol. The van der Waals surface area contributed by atoms with Crippen molar-refractivity contribution in [3.63, 3.8) is 0 Å². The molecule has 100 valence electrons. The summed E-state index contributed by atoms with van der Waals surface area (Å²) >= 11 is 0. The average Bonchev–Trinajstić information content (AvgIpc) is 2.46. The van der Waals surface area contributed by atoms with Gasteiger partial charge in [-0.3, -0.25) is 0 Å². The molecule has 1 aromatic rings. The van der Waals surface area contributed by atoms with Gasteiger partial charge in [-0.05, 0) is 37.2 Å². The van der Waals surface area contributed by atoms with Crippen LogP contribution in [0.3, 0.4) is 0 Å². The molecule has 1 aromatic carbocycles. The maximum atomic E-state index is 9.06. The van der Waals surface area contributed by atoms with Crippen molar-refractivity contribution in [3.05, 3.63) is 35.9 Å². The lowest BCUT2D eigenvalue weighted by atomic mass is 9.81. The second-order valence-corrected chi connectivity index (χ2v) is 5.19. The number of nitrogens with one attached hydrogen (secondary N) is 1. The second-order valence-electron chi connectivity index (χ2n) is 5.19. The molecule has 3 N–H and O–H groups in total. The van der Waals surface area contributed by atoms with Gasteiger partial charge >= 0.3 is 0 Å². The normalized spacial score (nSPS) is 24.4. The summed E-state index contributed by atoms with van der Waals surface area (Å²) in [5.41, 5.74) is 1.44. The summed E-state index contributed by atoms with van der Waals surface area (Å²) in [6, 6.07) is 11.0. The number of rotatable bonds is 5. The number of hydrogen-bond donors (Lipinski definition) is 3. The van der Waals surface area contributed by atoms with Gasteiger partial charge in [0.2, 0.25) is 0 Å². The molecule has 0 aromatic heterocycles. The molecular formula is C15H23NO2. The van der Waals surface area contributed by atoms with Gasteiger partial charge in [-0.2, -0.15) is 0 Å². The van der Waals surface area contributed by atoms with E-state index in [1.807, 2.05) is 0 Å². The first-order valence-electron chi connectivity index (χ1n) is 6.86. The average molecular weight is 249 g/mol. The zero-order valence-corrected chi connectivity index (χ0v) is 10.8. The summed E-state index contributed by atoms with van der Waals surface area (Å²) in [5, 5.41) is 21.5. The quantitative estimate of drug-likeness (QED) is 0.744. The van der Waals surface area contributed by atoms with Crippen molar-refractivity contribution in [3.8, 4) is 0 Å². The van der Waals surface area contributed by atoms with Crippen LogP contribution in [0.2, 0.25) is 0 Å². The first-order chi connectivity index (χ1) is 8.83. The molecule has 0 radical (unpaired) electrons. The molecule has 0 unspecified atom stereocenters. The molecule has 18 heavy (non-hydrogen) atoms. The fourth-order valence-corrected chi connectivity index (χ4v) is 2.82. The van der Waals surface area contributed by atoms with Crippen LogP contribution < -0.4 is 5.32 Å².